The van der Waals surface area contributed by atoms with Gasteiger partial charge >= 0.3 is 5.97 Å². The molecule has 0 radical (unpaired) electrons. The van der Waals surface area contributed by atoms with Gasteiger partial charge in [-0.2, -0.15) is 0 Å². The molecule has 10 heavy (non-hydrogen) atoms. The number of ether oxygens (including phenoxy) is 1. The maximum absolute atomic E-state index is 10.5. The molecule has 0 spiro atoms. The minimum absolute atomic E-state index is 0.0452. The van der Waals surface area contributed by atoms with E-state index in [0.717, 1.165) is 6.42 Å². The third kappa shape index (κ3) is 4.62. The van der Waals surface area contributed by atoms with E-state index in [1.807, 2.05) is 6.92 Å². The number of hydrogen-bond donors (Lipinski definition) is 0. The summed E-state index contributed by atoms with van der Waals surface area (Å²) in [6.07, 6.45) is 1.02. The molecule has 0 aliphatic carbocycles. The van der Waals surface area contributed by atoms with Crippen molar-refractivity contribution < 1.29 is 9.53 Å². The molecule has 0 N–H and O–H groups in total. The highest BCUT2D eigenvalue weighted by molar-refractivity contribution is 6.26. The van der Waals surface area contributed by atoms with Crippen LogP contribution in [0.5, 0.6) is 0 Å². The number of hydrogen-bond acceptors (Lipinski definition) is 2. The van der Waals surface area contributed by atoms with E-state index >= 15 is 0 Å². The summed E-state index contributed by atoms with van der Waals surface area (Å²) in [6.45, 7) is 4.57. The van der Waals surface area contributed by atoms with Crippen LogP contribution in [0, 0.1) is 5.92 Å². The molecule has 0 saturated heterocycles. The highest BCUT2D eigenvalue weighted by Gasteiger charge is 2.02. The zero-order valence-electron chi connectivity index (χ0n) is 6.39. The van der Waals surface area contributed by atoms with Crippen LogP contribution in [0.2, 0.25) is 0 Å². The lowest BCUT2D eigenvalue weighted by molar-refractivity contribution is -0.141. The van der Waals surface area contributed by atoms with Crippen molar-refractivity contribution in [3.8, 4) is 0 Å². The summed E-state index contributed by atoms with van der Waals surface area (Å²) in [5, 5.41) is 0. The van der Waals surface area contributed by atoms with Crippen LogP contribution in [0.1, 0.15) is 20.3 Å². The van der Waals surface area contributed by atoms with Crippen LogP contribution in [0.3, 0.4) is 0 Å². The molecule has 0 amide bonds. The highest BCUT2D eigenvalue weighted by Crippen LogP contribution is 2.00. The highest BCUT2D eigenvalue weighted by atomic mass is 35.5. The number of carbonyl (C=O) groups excluding carboxylic acids is 1. The van der Waals surface area contributed by atoms with E-state index in [4.69, 9.17) is 16.3 Å². The summed E-state index contributed by atoms with van der Waals surface area (Å²) < 4.78 is 4.77. The lowest BCUT2D eigenvalue weighted by atomic mass is 10.1. The maximum Gasteiger partial charge on any atom is 0.320 e. The minimum Gasteiger partial charge on any atom is -0.465 e. The fourth-order valence-corrected chi connectivity index (χ4v) is 0.469. The first-order valence-corrected chi connectivity index (χ1v) is 3.95. The van der Waals surface area contributed by atoms with Crippen LogP contribution < -0.4 is 0 Å². The second-order valence-electron chi connectivity index (χ2n) is 2.33. The normalized spacial score (nSPS) is 12.7. The van der Waals surface area contributed by atoms with E-state index in [9.17, 15) is 4.79 Å². The van der Waals surface area contributed by atoms with Gasteiger partial charge in [0, 0.05) is 0 Å². The van der Waals surface area contributed by atoms with Crippen molar-refractivity contribution in [2.45, 2.75) is 20.3 Å². The molecule has 0 heterocycles. The molecule has 0 fully saturated rings. The third-order valence-corrected chi connectivity index (χ3v) is 1.55. The number of carbonyl (C=O) groups is 1. The lowest BCUT2D eigenvalue weighted by Crippen LogP contribution is -2.11. The van der Waals surface area contributed by atoms with Crippen molar-refractivity contribution >= 4 is 17.6 Å². The Hall–Kier alpha value is -0.240. The average Bonchev–Trinajstić information content (AvgIpc) is 1.99. The van der Waals surface area contributed by atoms with E-state index in [1.165, 1.54) is 0 Å². The van der Waals surface area contributed by atoms with Gasteiger partial charge in [-0.25, -0.2) is 0 Å². The van der Waals surface area contributed by atoms with Gasteiger partial charge < -0.3 is 4.74 Å². The van der Waals surface area contributed by atoms with E-state index in [-0.39, 0.29) is 11.8 Å². The number of esters is 1. The van der Waals surface area contributed by atoms with Crippen LogP contribution in [0.15, 0.2) is 0 Å². The molecule has 0 bridgehead atoms. The molecular weight excluding hydrogens is 152 g/mol. The quantitative estimate of drug-likeness (QED) is 0.468. The van der Waals surface area contributed by atoms with Gasteiger partial charge in [-0.15, -0.1) is 11.6 Å². The Bertz CT molecular complexity index is 104. The molecule has 0 aromatic heterocycles. The first-order valence-electron chi connectivity index (χ1n) is 3.42. The zero-order valence-corrected chi connectivity index (χ0v) is 7.15. The van der Waals surface area contributed by atoms with Crippen LogP contribution >= 0.6 is 11.6 Å². The molecule has 2 nitrogen and oxygen atoms in total. The molecule has 1 atom stereocenters. The van der Waals surface area contributed by atoms with E-state index in [0.29, 0.717) is 12.5 Å². The molecule has 0 aromatic carbocycles. The summed E-state index contributed by atoms with van der Waals surface area (Å²) in [4.78, 5) is 10.5. The van der Waals surface area contributed by atoms with Crippen molar-refractivity contribution in [2.24, 2.45) is 5.92 Å². The summed E-state index contributed by atoms with van der Waals surface area (Å²) >= 11 is 5.20. The third-order valence-electron chi connectivity index (χ3n) is 1.33. The molecule has 3 heteroatoms. The Morgan fingerprint density at radius 2 is 2.30 bits per heavy atom. The topological polar surface area (TPSA) is 26.3 Å². The van der Waals surface area contributed by atoms with E-state index < -0.39 is 0 Å². The maximum atomic E-state index is 10.5. The SMILES string of the molecule is CC[C@@H](C)COC(=O)CCl. The number of rotatable bonds is 4. The molecule has 0 aliphatic rings. The summed E-state index contributed by atoms with van der Waals surface area (Å²) in [5.41, 5.74) is 0. The van der Waals surface area contributed by atoms with Gasteiger partial charge in [0.1, 0.15) is 5.88 Å². The molecule has 60 valence electrons. The Morgan fingerprint density at radius 3 is 2.70 bits per heavy atom. The molecular formula is C7H13ClO2. The first-order chi connectivity index (χ1) is 4.70. The van der Waals surface area contributed by atoms with Gasteiger partial charge in [0.2, 0.25) is 0 Å². The Balaban J connectivity index is 3.26. The minimum atomic E-state index is -0.332. The predicted molar refractivity (Wildman–Crippen MR) is 41.1 cm³/mol. The average molecular weight is 165 g/mol. The van der Waals surface area contributed by atoms with Crippen LogP contribution in [-0.2, 0) is 9.53 Å². The number of alkyl halides is 1. The van der Waals surface area contributed by atoms with Gasteiger partial charge in [0.15, 0.2) is 0 Å². The standard InChI is InChI=1S/C7H13ClO2/c1-3-6(2)5-10-7(9)4-8/h6H,3-5H2,1-2H3/t6-/m1/s1. The fourth-order valence-electron chi connectivity index (χ4n) is 0.392. The lowest BCUT2D eigenvalue weighted by Gasteiger charge is -2.07. The van der Waals surface area contributed by atoms with Crippen molar-refractivity contribution in [1.82, 2.24) is 0 Å². The van der Waals surface area contributed by atoms with Crippen molar-refractivity contribution in [1.29, 1.82) is 0 Å². The van der Waals surface area contributed by atoms with Crippen molar-refractivity contribution in [3.63, 3.8) is 0 Å². The molecule has 0 aromatic rings. The van der Waals surface area contributed by atoms with Crippen molar-refractivity contribution in [3.05, 3.63) is 0 Å². The van der Waals surface area contributed by atoms with Crippen LogP contribution in [0.4, 0.5) is 0 Å². The second-order valence-corrected chi connectivity index (χ2v) is 2.60. The summed E-state index contributed by atoms with van der Waals surface area (Å²) in [7, 11) is 0. The fraction of sp³-hybridized carbons (Fsp3) is 0.857. The van der Waals surface area contributed by atoms with Crippen LogP contribution in [0.25, 0.3) is 0 Å². The van der Waals surface area contributed by atoms with Gasteiger partial charge in [-0.05, 0) is 5.92 Å². The molecule has 0 unspecified atom stereocenters. The Labute approximate surface area is 66.5 Å². The largest absolute Gasteiger partial charge is 0.465 e. The first kappa shape index (κ1) is 9.76. The van der Waals surface area contributed by atoms with Gasteiger partial charge in [0.05, 0.1) is 6.61 Å². The smallest absolute Gasteiger partial charge is 0.320 e. The van der Waals surface area contributed by atoms with Gasteiger partial charge in [-0.3, -0.25) is 4.79 Å². The van der Waals surface area contributed by atoms with Crippen molar-refractivity contribution in [2.75, 3.05) is 12.5 Å². The monoisotopic (exact) mass is 164 g/mol. The predicted octanol–water partition coefficient (Wildman–Crippen LogP) is 1.81. The Kier molecular flexibility index (Phi) is 5.40. The summed E-state index contributed by atoms with van der Waals surface area (Å²) in [5.74, 6) is 0.0605. The zero-order chi connectivity index (χ0) is 7.98. The molecule has 0 rings (SSSR count). The van der Waals surface area contributed by atoms with Crippen LogP contribution in [-0.4, -0.2) is 18.5 Å². The van der Waals surface area contributed by atoms with Gasteiger partial charge in [0.25, 0.3) is 0 Å². The summed E-state index contributed by atoms with van der Waals surface area (Å²) in [6, 6.07) is 0. The Morgan fingerprint density at radius 1 is 1.70 bits per heavy atom. The molecule has 0 saturated carbocycles. The number of halogens is 1. The van der Waals surface area contributed by atoms with E-state index in [2.05, 4.69) is 6.92 Å². The second kappa shape index (κ2) is 5.54. The molecule has 0 aliphatic heterocycles. The van der Waals surface area contributed by atoms with E-state index in [1.54, 1.807) is 0 Å². The van der Waals surface area contributed by atoms with Gasteiger partial charge in [-0.1, -0.05) is 20.3 Å².